The third-order valence-electron chi connectivity index (χ3n) is 2.81. The van der Waals surface area contributed by atoms with E-state index in [9.17, 15) is 4.79 Å². The number of rotatable bonds is 3. The van der Waals surface area contributed by atoms with E-state index in [1.807, 2.05) is 0 Å². The predicted octanol–water partition coefficient (Wildman–Crippen LogP) is 1.24. The van der Waals surface area contributed by atoms with Gasteiger partial charge < -0.3 is 15.9 Å². The molecule has 1 rings (SSSR count). The Morgan fingerprint density at radius 3 is 2.53 bits per heavy atom. The highest BCUT2D eigenvalue weighted by molar-refractivity contribution is 5.82. The summed E-state index contributed by atoms with van der Waals surface area (Å²) in [5.74, 6) is 0.605. The molecule has 0 saturated carbocycles. The van der Waals surface area contributed by atoms with Crippen molar-refractivity contribution in [3.8, 4) is 0 Å². The second-order valence-electron chi connectivity index (χ2n) is 5.61. The van der Waals surface area contributed by atoms with Gasteiger partial charge in [-0.1, -0.05) is 5.16 Å². The van der Waals surface area contributed by atoms with Gasteiger partial charge in [0.25, 0.3) is 0 Å². The molecule has 0 aromatic carbocycles. The maximum absolute atomic E-state index is 11.5. The molecule has 0 unspecified atom stereocenters. The molecule has 0 spiro atoms. The molecule has 1 fully saturated rings. The van der Waals surface area contributed by atoms with Crippen LogP contribution >= 0.6 is 0 Å². The molecule has 0 radical (unpaired) electrons. The summed E-state index contributed by atoms with van der Waals surface area (Å²) in [4.78, 5) is 16.3. The largest absolute Gasteiger partial charge is 0.384 e. The van der Waals surface area contributed by atoms with Crippen LogP contribution in [0.25, 0.3) is 0 Å². The van der Waals surface area contributed by atoms with Crippen molar-refractivity contribution < 1.29 is 9.63 Å². The molecule has 5 heteroatoms. The number of hydrogen-bond donors (Lipinski definition) is 2. The lowest BCUT2D eigenvalue weighted by Crippen LogP contribution is -2.30. The number of amidine groups is 1. The Labute approximate surface area is 103 Å². The third-order valence-corrected chi connectivity index (χ3v) is 2.81. The van der Waals surface area contributed by atoms with Crippen LogP contribution in [-0.2, 0) is 9.63 Å². The summed E-state index contributed by atoms with van der Waals surface area (Å²) >= 11 is 0. The van der Waals surface area contributed by atoms with Gasteiger partial charge in [-0.3, -0.25) is 0 Å². The van der Waals surface area contributed by atoms with E-state index in [1.54, 1.807) is 20.8 Å². The number of carbonyl (C=O) groups excluding carboxylic acids is 1. The highest BCUT2D eigenvalue weighted by atomic mass is 16.7. The number of nitrogens with zero attached hydrogens (tertiary/aromatic N) is 1. The molecule has 17 heavy (non-hydrogen) atoms. The first-order chi connectivity index (χ1) is 7.89. The molecular weight excluding hydrogens is 218 g/mol. The van der Waals surface area contributed by atoms with Crippen molar-refractivity contribution in [1.29, 1.82) is 0 Å². The minimum atomic E-state index is -0.543. The molecule has 98 valence electrons. The predicted molar refractivity (Wildman–Crippen MR) is 67.4 cm³/mol. The highest BCUT2D eigenvalue weighted by Crippen LogP contribution is 2.17. The van der Waals surface area contributed by atoms with Gasteiger partial charge in [0.2, 0.25) is 0 Å². The molecule has 1 saturated heterocycles. The zero-order valence-corrected chi connectivity index (χ0v) is 11.0. The minimum absolute atomic E-state index is 0.356. The van der Waals surface area contributed by atoms with Gasteiger partial charge in [0.05, 0.1) is 5.41 Å². The summed E-state index contributed by atoms with van der Waals surface area (Å²) in [6.45, 7) is 7.41. The maximum Gasteiger partial charge on any atom is 0.340 e. The van der Waals surface area contributed by atoms with Gasteiger partial charge in [-0.05, 0) is 52.6 Å². The van der Waals surface area contributed by atoms with Crippen LogP contribution in [0.1, 0.15) is 40.0 Å². The van der Waals surface area contributed by atoms with E-state index in [0.717, 1.165) is 25.9 Å². The van der Waals surface area contributed by atoms with Gasteiger partial charge >= 0.3 is 5.97 Å². The minimum Gasteiger partial charge on any atom is -0.384 e. The van der Waals surface area contributed by atoms with E-state index >= 15 is 0 Å². The van der Waals surface area contributed by atoms with Crippen molar-refractivity contribution in [2.75, 3.05) is 13.1 Å². The van der Waals surface area contributed by atoms with E-state index in [1.165, 1.54) is 0 Å². The van der Waals surface area contributed by atoms with Crippen molar-refractivity contribution in [3.63, 3.8) is 0 Å². The van der Waals surface area contributed by atoms with Gasteiger partial charge in [-0.2, -0.15) is 0 Å². The third kappa shape index (κ3) is 5.17. The average molecular weight is 241 g/mol. The van der Waals surface area contributed by atoms with E-state index in [0.29, 0.717) is 18.2 Å². The zero-order chi connectivity index (χ0) is 12.9. The standard InChI is InChI=1S/C12H23N3O2/c1-12(2,3)11(16)17-15-10(13)8-9-4-6-14-7-5-9/h9,14H,4-8H2,1-3H3,(H2,13,15). The molecule has 3 N–H and O–H groups in total. The Morgan fingerprint density at radius 2 is 2.00 bits per heavy atom. The first-order valence-corrected chi connectivity index (χ1v) is 6.14. The van der Waals surface area contributed by atoms with Crippen molar-refractivity contribution >= 4 is 11.8 Å². The van der Waals surface area contributed by atoms with Crippen LogP contribution in [0.2, 0.25) is 0 Å². The van der Waals surface area contributed by atoms with Gasteiger partial charge in [-0.15, -0.1) is 0 Å². The molecule has 1 aliphatic rings. The van der Waals surface area contributed by atoms with E-state index in [-0.39, 0.29) is 5.97 Å². The van der Waals surface area contributed by atoms with Crippen molar-refractivity contribution in [2.24, 2.45) is 22.2 Å². The molecule has 0 atom stereocenters. The first-order valence-electron chi connectivity index (χ1n) is 6.14. The fraction of sp³-hybridized carbons (Fsp3) is 0.833. The fourth-order valence-electron chi connectivity index (χ4n) is 1.66. The molecule has 0 bridgehead atoms. The lowest BCUT2D eigenvalue weighted by molar-refractivity contribution is -0.153. The smallest absolute Gasteiger partial charge is 0.340 e. The fourth-order valence-corrected chi connectivity index (χ4v) is 1.66. The van der Waals surface area contributed by atoms with Crippen molar-refractivity contribution in [3.05, 3.63) is 0 Å². The zero-order valence-electron chi connectivity index (χ0n) is 11.0. The van der Waals surface area contributed by atoms with E-state index in [4.69, 9.17) is 10.6 Å². The van der Waals surface area contributed by atoms with Gasteiger partial charge in [0.1, 0.15) is 5.84 Å². The molecule has 0 aliphatic carbocycles. The first kappa shape index (κ1) is 14.0. The van der Waals surface area contributed by atoms with Crippen molar-refractivity contribution in [1.82, 2.24) is 5.32 Å². The maximum atomic E-state index is 11.5. The number of carbonyl (C=O) groups is 1. The lowest BCUT2D eigenvalue weighted by Gasteiger charge is -2.21. The van der Waals surface area contributed by atoms with Crippen molar-refractivity contribution in [2.45, 2.75) is 40.0 Å². The molecule has 1 aliphatic heterocycles. The average Bonchev–Trinajstić information content (AvgIpc) is 2.26. The molecule has 0 aromatic rings. The Hall–Kier alpha value is -1.10. The molecular formula is C12H23N3O2. The topological polar surface area (TPSA) is 76.7 Å². The molecule has 0 amide bonds. The summed E-state index contributed by atoms with van der Waals surface area (Å²) in [5.41, 5.74) is 5.21. The van der Waals surface area contributed by atoms with Gasteiger partial charge in [0.15, 0.2) is 0 Å². The van der Waals surface area contributed by atoms with Crippen LogP contribution in [-0.4, -0.2) is 24.9 Å². The van der Waals surface area contributed by atoms with Crippen LogP contribution in [0.3, 0.4) is 0 Å². The second-order valence-corrected chi connectivity index (χ2v) is 5.61. The van der Waals surface area contributed by atoms with Crippen LogP contribution in [0.4, 0.5) is 0 Å². The Kier molecular flexibility index (Phi) is 4.93. The number of nitrogens with one attached hydrogen (secondary N) is 1. The second kappa shape index (κ2) is 6.00. The van der Waals surface area contributed by atoms with Crippen LogP contribution < -0.4 is 11.1 Å². The van der Waals surface area contributed by atoms with Gasteiger partial charge in [-0.25, -0.2) is 4.79 Å². The summed E-state index contributed by atoms with van der Waals surface area (Å²) in [6.07, 6.45) is 2.91. The monoisotopic (exact) mass is 241 g/mol. The summed E-state index contributed by atoms with van der Waals surface area (Å²) in [6, 6.07) is 0. The number of oxime groups is 1. The highest BCUT2D eigenvalue weighted by Gasteiger charge is 2.24. The quantitative estimate of drug-likeness (QED) is 0.337. The summed E-state index contributed by atoms with van der Waals surface area (Å²) in [7, 11) is 0. The van der Waals surface area contributed by atoms with Gasteiger partial charge in [0, 0.05) is 6.42 Å². The van der Waals surface area contributed by atoms with Crippen LogP contribution in [0.15, 0.2) is 5.16 Å². The Balaban J connectivity index is 2.36. The molecule has 0 aromatic heterocycles. The molecule has 5 nitrogen and oxygen atoms in total. The molecule has 1 heterocycles. The number of piperidine rings is 1. The summed E-state index contributed by atoms with van der Waals surface area (Å²) < 4.78 is 0. The number of nitrogens with two attached hydrogens (primary N) is 1. The van der Waals surface area contributed by atoms with E-state index < -0.39 is 5.41 Å². The Morgan fingerprint density at radius 1 is 1.41 bits per heavy atom. The van der Waals surface area contributed by atoms with Crippen LogP contribution in [0.5, 0.6) is 0 Å². The van der Waals surface area contributed by atoms with E-state index in [2.05, 4.69) is 10.5 Å². The van der Waals surface area contributed by atoms with Crippen LogP contribution in [0, 0.1) is 11.3 Å². The SMILES string of the molecule is CC(C)(C)C(=O)ON=C(N)CC1CCNCC1. The lowest BCUT2D eigenvalue weighted by atomic mass is 9.94. The Bertz CT molecular complexity index is 289. The number of hydrogen-bond acceptors (Lipinski definition) is 4. The summed E-state index contributed by atoms with van der Waals surface area (Å²) in [5, 5.41) is 7.00. The normalized spacial score (nSPS) is 19.1.